The van der Waals surface area contributed by atoms with Crippen molar-refractivity contribution in [2.45, 2.75) is 26.3 Å². The van der Waals surface area contributed by atoms with Gasteiger partial charge in [-0.2, -0.15) is 5.10 Å². The Labute approximate surface area is 166 Å². The fourth-order valence-electron chi connectivity index (χ4n) is 2.87. The molecule has 3 rings (SSSR count). The van der Waals surface area contributed by atoms with E-state index >= 15 is 0 Å². The first-order valence-electron chi connectivity index (χ1n) is 8.87. The normalized spacial score (nSPS) is 10.8. The van der Waals surface area contributed by atoms with E-state index in [4.69, 9.17) is 0 Å². The van der Waals surface area contributed by atoms with Gasteiger partial charge in [0.1, 0.15) is 5.82 Å². The molecule has 6 heteroatoms. The summed E-state index contributed by atoms with van der Waals surface area (Å²) in [5, 5.41) is 4.36. The van der Waals surface area contributed by atoms with E-state index in [2.05, 4.69) is 21.0 Å². The molecule has 0 N–H and O–H groups in total. The summed E-state index contributed by atoms with van der Waals surface area (Å²) in [6.07, 6.45) is 4.69. The van der Waals surface area contributed by atoms with Crippen molar-refractivity contribution in [1.82, 2.24) is 14.7 Å². The fraction of sp³-hybridized carbons (Fsp3) is 0.238. The van der Waals surface area contributed by atoms with E-state index in [-0.39, 0.29) is 18.3 Å². The number of aryl methyl sites for hydroxylation is 1. The molecule has 1 aromatic heterocycles. The van der Waals surface area contributed by atoms with Crippen LogP contribution in [-0.2, 0) is 17.8 Å². The first-order chi connectivity index (χ1) is 13.1. The minimum atomic E-state index is -0.298. The zero-order valence-corrected chi connectivity index (χ0v) is 16.7. The standard InChI is InChI=1S/C21H21BrFN3O/c1-2-25(15-17-12-18(22)9-10-20(17)23)21(27)11-8-16-13-24-26(14-16)19-6-4-3-5-7-19/h3-7,9-10,12-14H,2,8,11,15H2,1H3. The van der Waals surface area contributed by atoms with Gasteiger partial charge in [-0.15, -0.1) is 0 Å². The lowest BCUT2D eigenvalue weighted by atomic mass is 10.1. The Hall–Kier alpha value is -2.47. The summed E-state index contributed by atoms with van der Waals surface area (Å²) < 4.78 is 16.6. The summed E-state index contributed by atoms with van der Waals surface area (Å²) in [5.74, 6) is -0.294. The van der Waals surface area contributed by atoms with Gasteiger partial charge in [-0.3, -0.25) is 4.79 Å². The number of rotatable bonds is 7. The Balaban J connectivity index is 1.61. The zero-order valence-electron chi connectivity index (χ0n) is 15.1. The van der Waals surface area contributed by atoms with Crippen molar-refractivity contribution in [3.8, 4) is 5.69 Å². The summed E-state index contributed by atoms with van der Waals surface area (Å²) in [6, 6.07) is 14.6. The van der Waals surface area contributed by atoms with E-state index in [1.165, 1.54) is 6.07 Å². The average Bonchev–Trinajstić information content (AvgIpc) is 3.16. The Morgan fingerprint density at radius 2 is 2.00 bits per heavy atom. The summed E-state index contributed by atoms with van der Waals surface area (Å²) in [6.45, 7) is 2.71. The largest absolute Gasteiger partial charge is 0.339 e. The molecule has 1 heterocycles. The summed E-state index contributed by atoms with van der Waals surface area (Å²) in [5.41, 5.74) is 2.49. The third kappa shape index (κ3) is 5.04. The third-order valence-electron chi connectivity index (χ3n) is 4.39. The van der Waals surface area contributed by atoms with Crippen LogP contribution in [0.2, 0.25) is 0 Å². The zero-order chi connectivity index (χ0) is 19.2. The van der Waals surface area contributed by atoms with Crippen molar-refractivity contribution >= 4 is 21.8 Å². The van der Waals surface area contributed by atoms with Crippen LogP contribution in [0.5, 0.6) is 0 Å². The van der Waals surface area contributed by atoms with Gasteiger partial charge >= 0.3 is 0 Å². The van der Waals surface area contributed by atoms with Gasteiger partial charge in [0.2, 0.25) is 5.91 Å². The highest BCUT2D eigenvalue weighted by molar-refractivity contribution is 9.10. The molecule has 0 aliphatic heterocycles. The number of carbonyl (C=O) groups excluding carboxylic acids is 1. The van der Waals surface area contributed by atoms with Crippen molar-refractivity contribution in [3.05, 3.63) is 82.3 Å². The van der Waals surface area contributed by atoms with E-state index in [0.717, 1.165) is 15.7 Å². The number of benzene rings is 2. The first kappa shape index (κ1) is 19.3. The molecule has 0 aliphatic carbocycles. The Morgan fingerprint density at radius 1 is 1.22 bits per heavy atom. The number of carbonyl (C=O) groups is 1. The number of para-hydroxylation sites is 1. The molecule has 0 bridgehead atoms. The van der Waals surface area contributed by atoms with E-state index < -0.39 is 0 Å². The van der Waals surface area contributed by atoms with Crippen LogP contribution in [0.1, 0.15) is 24.5 Å². The molecule has 4 nitrogen and oxygen atoms in total. The Kier molecular flexibility index (Phi) is 6.40. The maximum Gasteiger partial charge on any atom is 0.223 e. The highest BCUT2D eigenvalue weighted by Crippen LogP contribution is 2.18. The second kappa shape index (κ2) is 8.95. The van der Waals surface area contributed by atoms with Crippen LogP contribution in [0.3, 0.4) is 0 Å². The topological polar surface area (TPSA) is 38.1 Å². The molecule has 1 amide bonds. The van der Waals surface area contributed by atoms with Crippen molar-refractivity contribution in [2.24, 2.45) is 0 Å². The molecular weight excluding hydrogens is 409 g/mol. The van der Waals surface area contributed by atoms with Crippen molar-refractivity contribution < 1.29 is 9.18 Å². The molecule has 0 atom stereocenters. The summed E-state index contributed by atoms with van der Waals surface area (Å²) in [4.78, 5) is 14.3. The molecule has 140 valence electrons. The number of aromatic nitrogens is 2. The SMILES string of the molecule is CCN(Cc1cc(Br)ccc1F)C(=O)CCc1cnn(-c2ccccc2)c1. The Bertz CT molecular complexity index is 911. The monoisotopic (exact) mass is 429 g/mol. The quantitative estimate of drug-likeness (QED) is 0.543. The maximum absolute atomic E-state index is 14.0. The predicted octanol–water partition coefficient (Wildman–Crippen LogP) is 4.76. The van der Waals surface area contributed by atoms with Gasteiger partial charge in [-0.25, -0.2) is 9.07 Å². The molecule has 0 saturated heterocycles. The van der Waals surface area contributed by atoms with Crippen LogP contribution in [0.4, 0.5) is 4.39 Å². The minimum Gasteiger partial charge on any atom is -0.339 e. The fourth-order valence-corrected chi connectivity index (χ4v) is 3.28. The van der Waals surface area contributed by atoms with Gasteiger partial charge in [0, 0.05) is 35.7 Å². The van der Waals surface area contributed by atoms with Crippen LogP contribution in [0.25, 0.3) is 5.69 Å². The molecule has 2 aromatic carbocycles. The second-order valence-electron chi connectivity index (χ2n) is 6.27. The van der Waals surface area contributed by atoms with Crippen LogP contribution in [-0.4, -0.2) is 27.1 Å². The van der Waals surface area contributed by atoms with Gasteiger partial charge in [0.25, 0.3) is 0 Å². The summed E-state index contributed by atoms with van der Waals surface area (Å²) >= 11 is 3.35. The number of amides is 1. The van der Waals surface area contributed by atoms with E-state index in [0.29, 0.717) is 24.9 Å². The van der Waals surface area contributed by atoms with Crippen LogP contribution in [0, 0.1) is 5.82 Å². The van der Waals surface area contributed by atoms with Gasteiger partial charge in [-0.1, -0.05) is 34.1 Å². The molecule has 0 aliphatic rings. The summed E-state index contributed by atoms with van der Waals surface area (Å²) in [7, 11) is 0. The average molecular weight is 430 g/mol. The molecule has 0 spiro atoms. The lowest BCUT2D eigenvalue weighted by Gasteiger charge is -2.21. The van der Waals surface area contributed by atoms with Gasteiger partial charge in [0.05, 0.1) is 11.9 Å². The van der Waals surface area contributed by atoms with Crippen LogP contribution in [0.15, 0.2) is 65.4 Å². The first-order valence-corrected chi connectivity index (χ1v) is 9.66. The number of halogens is 2. The van der Waals surface area contributed by atoms with Gasteiger partial charge in [-0.05, 0) is 49.2 Å². The number of hydrogen-bond acceptors (Lipinski definition) is 2. The highest BCUT2D eigenvalue weighted by Gasteiger charge is 2.15. The molecule has 0 saturated carbocycles. The number of nitrogens with zero attached hydrogens (tertiary/aromatic N) is 3. The van der Waals surface area contributed by atoms with Crippen molar-refractivity contribution in [3.63, 3.8) is 0 Å². The molecule has 0 unspecified atom stereocenters. The van der Waals surface area contributed by atoms with E-state index in [1.807, 2.05) is 43.5 Å². The third-order valence-corrected chi connectivity index (χ3v) is 4.88. The molecule has 3 aromatic rings. The van der Waals surface area contributed by atoms with Crippen LogP contribution < -0.4 is 0 Å². The van der Waals surface area contributed by atoms with E-state index in [9.17, 15) is 9.18 Å². The van der Waals surface area contributed by atoms with Gasteiger partial charge in [0.15, 0.2) is 0 Å². The highest BCUT2D eigenvalue weighted by atomic mass is 79.9. The smallest absolute Gasteiger partial charge is 0.223 e. The molecule has 0 radical (unpaired) electrons. The lowest BCUT2D eigenvalue weighted by molar-refractivity contribution is -0.131. The minimum absolute atomic E-state index is 0.00402. The van der Waals surface area contributed by atoms with Crippen molar-refractivity contribution in [2.75, 3.05) is 6.54 Å². The maximum atomic E-state index is 14.0. The molecule has 27 heavy (non-hydrogen) atoms. The van der Waals surface area contributed by atoms with E-state index in [1.54, 1.807) is 27.9 Å². The predicted molar refractivity (Wildman–Crippen MR) is 107 cm³/mol. The lowest BCUT2D eigenvalue weighted by Crippen LogP contribution is -2.30. The van der Waals surface area contributed by atoms with Gasteiger partial charge < -0.3 is 4.90 Å². The van der Waals surface area contributed by atoms with Crippen LogP contribution >= 0.6 is 15.9 Å². The molecular formula is C21H21BrFN3O. The second-order valence-corrected chi connectivity index (χ2v) is 7.19. The number of hydrogen-bond donors (Lipinski definition) is 0. The molecule has 0 fully saturated rings. The Morgan fingerprint density at radius 3 is 2.74 bits per heavy atom. The van der Waals surface area contributed by atoms with Crippen molar-refractivity contribution in [1.29, 1.82) is 0 Å².